The molecular weight excluding hydrogens is 446 g/mol. The van der Waals surface area contributed by atoms with Gasteiger partial charge in [0.2, 0.25) is 23.6 Å². The number of carbonyl (C=O) groups is 6. The number of nitrogens with one attached hydrogen (secondary N) is 4. The van der Waals surface area contributed by atoms with Crippen molar-refractivity contribution in [1.29, 1.82) is 0 Å². The molecule has 4 amide bonds. The van der Waals surface area contributed by atoms with Gasteiger partial charge in [0, 0.05) is 18.3 Å². The van der Waals surface area contributed by atoms with E-state index in [9.17, 15) is 33.9 Å². The fourth-order valence-electron chi connectivity index (χ4n) is 2.53. The minimum absolute atomic E-state index is 0.00531. The zero-order valence-electron chi connectivity index (χ0n) is 17.2. The summed E-state index contributed by atoms with van der Waals surface area (Å²) in [7, 11) is 0. The number of amides is 4. The Bertz CT molecular complexity index is 874. The maximum atomic E-state index is 12.5. The number of carboxylic acid groups (broad SMARTS) is 2. The number of aromatic nitrogens is 2. The van der Waals surface area contributed by atoms with Crippen LogP contribution in [0.4, 0.5) is 0 Å². The van der Waals surface area contributed by atoms with Crippen molar-refractivity contribution in [3.05, 3.63) is 18.2 Å². The molecule has 0 fully saturated rings. The Morgan fingerprint density at radius 3 is 2.00 bits per heavy atom. The van der Waals surface area contributed by atoms with Crippen LogP contribution in [-0.2, 0) is 35.2 Å². The van der Waals surface area contributed by atoms with Gasteiger partial charge >= 0.3 is 11.9 Å². The molecule has 16 nitrogen and oxygen atoms in total. The molecular formula is C17H25N7O9. The number of carbonyl (C=O) groups excluding carboxylic acids is 4. The van der Waals surface area contributed by atoms with Crippen molar-refractivity contribution in [2.24, 2.45) is 11.5 Å². The number of aliphatic carboxylic acids is 2. The van der Waals surface area contributed by atoms with Gasteiger partial charge in [0.1, 0.15) is 18.1 Å². The van der Waals surface area contributed by atoms with Gasteiger partial charge in [-0.25, -0.2) is 9.78 Å². The van der Waals surface area contributed by atoms with Crippen LogP contribution in [0.2, 0.25) is 0 Å². The first-order valence-corrected chi connectivity index (χ1v) is 9.42. The third kappa shape index (κ3) is 9.32. The number of aliphatic hydroxyl groups excluding tert-OH is 1. The molecule has 4 unspecified atom stereocenters. The van der Waals surface area contributed by atoms with E-state index in [-0.39, 0.29) is 6.42 Å². The van der Waals surface area contributed by atoms with Crippen LogP contribution in [0.25, 0.3) is 0 Å². The highest BCUT2D eigenvalue weighted by molar-refractivity contribution is 5.96. The largest absolute Gasteiger partial charge is 0.481 e. The number of nitrogens with two attached hydrogens (primary N) is 2. The van der Waals surface area contributed by atoms with E-state index in [1.807, 2.05) is 10.6 Å². The number of imidazole rings is 1. The molecule has 0 saturated heterocycles. The molecule has 0 aliphatic heterocycles. The van der Waals surface area contributed by atoms with E-state index in [0.717, 1.165) is 0 Å². The van der Waals surface area contributed by atoms with Crippen LogP contribution in [0.3, 0.4) is 0 Å². The molecule has 0 saturated carbocycles. The van der Waals surface area contributed by atoms with E-state index < -0.39 is 79.2 Å². The Morgan fingerprint density at radius 2 is 1.52 bits per heavy atom. The van der Waals surface area contributed by atoms with E-state index in [1.54, 1.807) is 0 Å². The standard InChI is InChI=1S/C17H25N7O9/c18-8(1-7-4-20-6-21-7)14(29)22-9(3-13(27)28)15(30)24-11(5-25)16(31)23-10(17(32)33)2-12(19)26/h4,6,8-11,25H,1-3,5,18H2,(H2,19,26)(H,20,21)(H,22,29)(H,23,31)(H,24,30)(H,27,28)(H,32,33). The third-order valence-corrected chi connectivity index (χ3v) is 4.18. The fourth-order valence-corrected chi connectivity index (χ4v) is 2.53. The number of rotatable bonds is 14. The van der Waals surface area contributed by atoms with Gasteiger partial charge in [-0.05, 0) is 0 Å². The monoisotopic (exact) mass is 471 g/mol. The SMILES string of the molecule is NC(=O)CC(NC(=O)C(CO)NC(=O)C(CC(=O)O)NC(=O)C(N)Cc1cnc[nH]1)C(=O)O. The molecule has 1 aromatic heterocycles. The Balaban J connectivity index is 2.84. The molecule has 1 rings (SSSR count). The number of H-pyrrole nitrogens is 1. The van der Waals surface area contributed by atoms with Crippen LogP contribution in [0.15, 0.2) is 12.5 Å². The number of carboxylic acids is 2. The average molecular weight is 471 g/mol. The molecule has 0 aliphatic rings. The van der Waals surface area contributed by atoms with Gasteiger partial charge in [-0.15, -0.1) is 0 Å². The normalized spacial score (nSPS) is 14.2. The zero-order chi connectivity index (χ0) is 25.1. The summed E-state index contributed by atoms with van der Waals surface area (Å²) in [5, 5.41) is 33.6. The lowest BCUT2D eigenvalue weighted by Gasteiger charge is -2.23. The van der Waals surface area contributed by atoms with Crippen molar-refractivity contribution in [3.8, 4) is 0 Å². The number of aromatic amines is 1. The topological polar surface area (TPSA) is 280 Å². The molecule has 11 N–H and O–H groups in total. The molecule has 0 aromatic carbocycles. The summed E-state index contributed by atoms with van der Waals surface area (Å²) in [4.78, 5) is 76.7. The maximum absolute atomic E-state index is 12.5. The van der Waals surface area contributed by atoms with Gasteiger partial charge < -0.3 is 47.7 Å². The zero-order valence-corrected chi connectivity index (χ0v) is 17.2. The molecule has 4 atom stereocenters. The van der Waals surface area contributed by atoms with Crippen LogP contribution in [0, 0.1) is 0 Å². The van der Waals surface area contributed by atoms with E-state index >= 15 is 0 Å². The summed E-state index contributed by atoms with van der Waals surface area (Å²) in [5.41, 5.74) is 11.2. The first-order chi connectivity index (χ1) is 15.4. The minimum Gasteiger partial charge on any atom is -0.481 e. The Morgan fingerprint density at radius 1 is 0.939 bits per heavy atom. The maximum Gasteiger partial charge on any atom is 0.326 e. The molecule has 1 heterocycles. The lowest BCUT2D eigenvalue weighted by atomic mass is 10.1. The fraction of sp³-hybridized carbons (Fsp3) is 0.471. The lowest BCUT2D eigenvalue weighted by molar-refractivity contribution is -0.144. The summed E-state index contributed by atoms with van der Waals surface area (Å²) in [5.74, 6) is -7.29. The Kier molecular flexibility index (Phi) is 10.4. The number of aliphatic hydroxyl groups is 1. The molecule has 0 bridgehead atoms. The molecule has 33 heavy (non-hydrogen) atoms. The van der Waals surface area contributed by atoms with Crippen molar-refractivity contribution >= 4 is 35.6 Å². The van der Waals surface area contributed by atoms with Gasteiger partial charge in [0.05, 0.1) is 31.8 Å². The Hall–Kier alpha value is -4.05. The van der Waals surface area contributed by atoms with Gasteiger partial charge in [0.25, 0.3) is 0 Å². The van der Waals surface area contributed by atoms with Crippen molar-refractivity contribution < 1.29 is 44.1 Å². The second-order valence-electron chi connectivity index (χ2n) is 6.86. The summed E-state index contributed by atoms with van der Waals surface area (Å²) in [6.07, 6.45) is 1.15. The predicted octanol–water partition coefficient (Wildman–Crippen LogP) is -4.84. The molecule has 1 aromatic rings. The molecule has 0 aliphatic carbocycles. The van der Waals surface area contributed by atoms with E-state index in [0.29, 0.717) is 5.69 Å². The van der Waals surface area contributed by atoms with Crippen molar-refractivity contribution in [2.75, 3.05) is 6.61 Å². The van der Waals surface area contributed by atoms with Gasteiger partial charge in [-0.1, -0.05) is 0 Å². The third-order valence-electron chi connectivity index (χ3n) is 4.18. The van der Waals surface area contributed by atoms with Gasteiger partial charge in [0.15, 0.2) is 0 Å². The minimum atomic E-state index is -1.73. The number of primary amides is 1. The van der Waals surface area contributed by atoms with E-state index in [4.69, 9.17) is 21.7 Å². The van der Waals surface area contributed by atoms with Gasteiger partial charge in [-0.3, -0.25) is 24.0 Å². The van der Waals surface area contributed by atoms with Gasteiger partial charge in [-0.2, -0.15) is 0 Å². The second-order valence-corrected chi connectivity index (χ2v) is 6.86. The summed E-state index contributed by atoms with van der Waals surface area (Å²) < 4.78 is 0. The summed E-state index contributed by atoms with van der Waals surface area (Å²) in [6, 6.07) is -6.29. The highest BCUT2D eigenvalue weighted by Gasteiger charge is 2.31. The second kappa shape index (κ2) is 12.7. The van der Waals surface area contributed by atoms with Crippen LogP contribution in [0.5, 0.6) is 0 Å². The highest BCUT2D eigenvalue weighted by atomic mass is 16.4. The number of nitrogens with zero attached hydrogens (tertiary/aromatic N) is 1. The molecule has 182 valence electrons. The van der Waals surface area contributed by atoms with Crippen LogP contribution >= 0.6 is 0 Å². The summed E-state index contributed by atoms with van der Waals surface area (Å²) >= 11 is 0. The Labute approximate surface area is 186 Å². The molecule has 0 spiro atoms. The van der Waals surface area contributed by atoms with Crippen molar-refractivity contribution in [1.82, 2.24) is 25.9 Å². The average Bonchev–Trinajstić information content (AvgIpc) is 3.22. The summed E-state index contributed by atoms with van der Waals surface area (Å²) in [6.45, 7) is -1.01. The van der Waals surface area contributed by atoms with Crippen molar-refractivity contribution in [3.63, 3.8) is 0 Å². The van der Waals surface area contributed by atoms with Crippen LogP contribution < -0.4 is 27.4 Å². The first kappa shape index (κ1) is 27.0. The number of hydrogen-bond donors (Lipinski definition) is 9. The first-order valence-electron chi connectivity index (χ1n) is 9.42. The smallest absolute Gasteiger partial charge is 0.326 e. The van der Waals surface area contributed by atoms with Crippen molar-refractivity contribution in [2.45, 2.75) is 43.4 Å². The van der Waals surface area contributed by atoms with Crippen LogP contribution in [0.1, 0.15) is 18.5 Å². The number of hydrogen-bond acceptors (Lipinski definition) is 9. The predicted molar refractivity (Wildman–Crippen MR) is 107 cm³/mol. The van der Waals surface area contributed by atoms with E-state index in [1.165, 1.54) is 12.5 Å². The highest BCUT2D eigenvalue weighted by Crippen LogP contribution is 2.01. The van der Waals surface area contributed by atoms with E-state index in [2.05, 4.69) is 15.3 Å². The van der Waals surface area contributed by atoms with Crippen LogP contribution in [-0.4, -0.2) is 91.6 Å². The lowest BCUT2D eigenvalue weighted by Crippen LogP contribution is -2.58. The quantitative estimate of drug-likeness (QED) is 0.124. The molecule has 0 radical (unpaired) electrons. The molecule has 16 heteroatoms.